The van der Waals surface area contributed by atoms with Crippen LogP contribution in [0.5, 0.6) is 0 Å². The maximum atomic E-state index is 12.6. The van der Waals surface area contributed by atoms with Crippen molar-refractivity contribution in [3.63, 3.8) is 0 Å². The van der Waals surface area contributed by atoms with Crippen molar-refractivity contribution >= 4 is 29.3 Å². The van der Waals surface area contributed by atoms with Crippen LogP contribution < -0.4 is 5.32 Å². The minimum atomic E-state index is -0.355. The van der Waals surface area contributed by atoms with E-state index in [1.807, 2.05) is 48.1 Å². The summed E-state index contributed by atoms with van der Waals surface area (Å²) in [5.74, 6) is 1.10. The van der Waals surface area contributed by atoms with Gasteiger partial charge in [-0.25, -0.2) is 4.98 Å². The summed E-state index contributed by atoms with van der Waals surface area (Å²) in [5, 5.41) is 12.0. The summed E-state index contributed by atoms with van der Waals surface area (Å²) < 4.78 is 7.53. The number of imidazole rings is 1. The Hall–Kier alpha value is -3.10. The molecule has 1 amide bonds. The van der Waals surface area contributed by atoms with Crippen LogP contribution in [0.2, 0.25) is 5.02 Å². The van der Waals surface area contributed by atoms with Gasteiger partial charge in [-0.3, -0.25) is 4.79 Å². The van der Waals surface area contributed by atoms with E-state index in [-0.39, 0.29) is 17.7 Å². The quantitative estimate of drug-likeness (QED) is 0.436. The highest BCUT2D eigenvalue weighted by molar-refractivity contribution is 7.99. The highest BCUT2D eigenvalue weighted by Crippen LogP contribution is 2.25. The van der Waals surface area contributed by atoms with E-state index in [2.05, 4.69) is 20.5 Å². The first kappa shape index (κ1) is 20.2. The second-order valence-electron chi connectivity index (χ2n) is 6.48. The largest absolute Gasteiger partial charge is 0.411 e. The van der Waals surface area contributed by atoms with Crippen molar-refractivity contribution in [3.05, 3.63) is 83.4 Å². The average Bonchev–Trinajstić information content (AvgIpc) is 3.41. The molecule has 1 N–H and O–H groups in total. The van der Waals surface area contributed by atoms with E-state index in [4.69, 9.17) is 16.0 Å². The number of carbonyl (C=O) groups excluding carboxylic acids is 1. The van der Waals surface area contributed by atoms with E-state index >= 15 is 0 Å². The summed E-state index contributed by atoms with van der Waals surface area (Å²) >= 11 is 7.08. The van der Waals surface area contributed by atoms with Crippen LogP contribution in [0.15, 0.2) is 76.6 Å². The molecule has 9 heteroatoms. The first-order valence-corrected chi connectivity index (χ1v) is 10.5. The van der Waals surface area contributed by atoms with Crippen LogP contribution >= 0.6 is 23.4 Å². The van der Waals surface area contributed by atoms with Gasteiger partial charge in [-0.15, -0.1) is 10.2 Å². The molecule has 0 radical (unpaired) electrons. The van der Waals surface area contributed by atoms with Crippen molar-refractivity contribution in [2.45, 2.75) is 11.3 Å². The molecule has 4 aromatic rings. The molecule has 2 aromatic heterocycles. The van der Waals surface area contributed by atoms with Crippen LogP contribution in [0.3, 0.4) is 0 Å². The zero-order chi connectivity index (χ0) is 20.9. The first-order valence-electron chi connectivity index (χ1n) is 9.14. The molecule has 0 saturated carbocycles. The fraction of sp³-hybridized carbons (Fsp3) is 0.143. The van der Waals surface area contributed by atoms with E-state index in [0.29, 0.717) is 16.1 Å². The number of amides is 1. The Bertz CT molecular complexity index is 1130. The maximum absolute atomic E-state index is 12.6. The summed E-state index contributed by atoms with van der Waals surface area (Å²) in [4.78, 5) is 17.0. The fourth-order valence-corrected chi connectivity index (χ4v) is 3.61. The number of hydrogen-bond donors (Lipinski definition) is 1. The number of nitrogens with one attached hydrogen (secondary N) is 1. The molecule has 2 aromatic carbocycles. The number of carbonyl (C=O) groups is 1. The molecule has 0 aliphatic rings. The van der Waals surface area contributed by atoms with Gasteiger partial charge in [0.1, 0.15) is 11.9 Å². The lowest BCUT2D eigenvalue weighted by atomic mass is 10.1. The average molecular weight is 440 g/mol. The Labute approximate surface area is 182 Å². The molecular formula is C21H18ClN5O2S. The normalized spacial score (nSPS) is 11.9. The Morgan fingerprint density at radius 2 is 1.93 bits per heavy atom. The number of halogens is 1. The van der Waals surface area contributed by atoms with Crippen LogP contribution in [0, 0.1) is 0 Å². The van der Waals surface area contributed by atoms with Gasteiger partial charge in [0.25, 0.3) is 5.22 Å². The van der Waals surface area contributed by atoms with Crippen LogP contribution in [0.25, 0.3) is 11.5 Å². The molecule has 0 aliphatic carbocycles. The van der Waals surface area contributed by atoms with Gasteiger partial charge in [-0.05, 0) is 29.8 Å². The zero-order valence-corrected chi connectivity index (χ0v) is 17.6. The highest BCUT2D eigenvalue weighted by Gasteiger charge is 2.21. The van der Waals surface area contributed by atoms with Gasteiger partial charge >= 0.3 is 0 Å². The third kappa shape index (κ3) is 4.72. The second kappa shape index (κ2) is 9.15. The minimum Gasteiger partial charge on any atom is -0.411 e. The van der Waals surface area contributed by atoms with Gasteiger partial charge in [0, 0.05) is 30.0 Å². The smallest absolute Gasteiger partial charge is 0.277 e. The summed E-state index contributed by atoms with van der Waals surface area (Å²) in [6.07, 6.45) is 3.56. The van der Waals surface area contributed by atoms with E-state index in [9.17, 15) is 4.79 Å². The third-order valence-corrected chi connectivity index (χ3v) is 5.45. The topological polar surface area (TPSA) is 85.8 Å². The molecule has 4 rings (SSSR count). The van der Waals surface area contributed by atoms with Crippen LogP contribution in [-0.2, 0) is 11.8 Å². The number of nitrogens with zero attached hydrogens (tertiary/aromatic N) is 4. The lowest BCUT2D eigenvalue weighted by molar-refractivity contribution is -0.119. The molecule has 0 aliphatic heterocycles. The lowest BCUT2D eigenvalue weighted by Crippen LogP contribution is -2.32. The predicted molar refractivity (Wildman–Crippen MR) is 115 cm³/mol. The van der Waals surface area contributed by atoms with Crippen molar-refractivity contribution in [2.24, 2.45) is 7.05 Å². The van der Waals surface area contributed by atoms with E-state index in [1.54, 1.807) is 30.5 Å². The van der Waals surface area contributed by atoms with Gasteiger partial charge in [-0.1, -0.05) is 53.7 Å². The van der Waals surface area contributed by atoms with E-state index in [1.165, 1.54) is 11.8 Å². The summed E-state index contributed by atoms with van der Waals surface area (Å²) in [5.41, 5.74) is 1.72. The first-order chi connectivity index (χ1) is 14.6. The third-order valence-electron chi connectivity index (χ3n) is 4.38. The number of rotatable bonds is 7. The Balaban J connectivity index is 1.42. The Morgan fingerprint density at radius 3 is 2.63 bits per heavy atom. The van der Waals surface area contributed by atoms with Crippen LogP contribution in [0.4, 0.5) is 0 Å². The van der Waals surface area contributed by atoms with Crippen molar-refractivity contribution in [2.75, 3.05) is 5.75 Å². The molecule has 7 nitrogen and oxygen atoms in total. The van der Waals surface area contributed by atoms with Gasteiger partial charge in [-0.2, -0.15) is 0 Å². The molecule has 0 bridgehead atoms. The summed E-state index contributed by atoms with van der Waals surface area (Å²) in [7, 11) is 1.90. The van der Waals surface area contributed by atoms with Crippen molar-refractivity contribution < 1.29 is 9.21 Å². The van der Waals surface area contributed by atoms with Crippen LogP contribution in [0.1, 0.15) is 17.4 Å². The molecule has 1 unspecified atom stereocenters. The maximum Gasteiger partial charge on any atom is 0.277 e. The zero-order valence-electron chi connectivity index (χ0n) is 16.0. The number of thioether (sulfide) groups is 1. The summed E-state index contributed by atoms with van der Waals surface area (Å²) in [6.45, 7) is 0. The lowest BCUT2D eigenvalue weighted by Gasteiger charge is -2.19. The molecule has 0 saturated heterocycles. The summed E-state index contributed by atoms with van der Waals surface area (Å²) in [6, 6.07) is 16.5. The standard InChI is InChI=1S/C21H18ClN5O2S/c1-27-12-11-23-19(27)18(14-5-3-2-4-6-14)24-17(28)13-30-21-26-25-20(29-21)15-7-9-16(22)10-8-15/h2-12,18H,13H2,1H3,(H,24,28). The second-order valence-corrected chi connectivity index (χ2v) is 7.84. The van der Waals surface area contributed by atoms with Gasteiger partial charge in [0.2, 0.25) is 11.8 Å². The Kier molecular flexibility index (Phi) is 6.15. The molecule has 2 heterocycles. The van der Waals surface area contributed by atoms with Gasteiger partial charge in [0.15, 0.2) is 0 Å². The molecule has 152 valence electrons. The fourth-order valence-electron chi connectivity index (χ4n) is 2.90. The predicted octanol–water partition coefficient (Wildman–Crippen LogP) is 4.12. The number of aryl methyl sites for hydroxylation is 1. The van der Waals surface area contributed by atoms with Crippen LogP contribution in [-0.4, -0.2) is 31.4 Å². The number of benzene rings is 2. The van der Waals surface area contributed by atoms with E-state index in [0.717, 1.165) is 17.0 Å². The van der Waals surface area contributed by atoms with Gasteiger partial charge < -0.3 is 14.3 Å². The minimum absolute atomic E-state index is 0.135. The monoisotopic (exact) mass is 439 g/mol. The molecule has 0 spiro atoms. The molecule has 30 heavy (non-hydrogen) atoms. The SMILES string of the molecule is Cn1ccnc1C(NC(=O)CSc1nnc(-c2ccc(Cl)cc2)o1)c1ccccc1. The highest BCUT2D eigenvalue weighted by atomic mass is 35.5. The molecule has 1 atom stereocenters. The number of aromatic nitrogens is 4. The van der Waals surface area contributed by atoms with Crippen molar-refractivity contribution in [3.8, 4) is 11.5 Å². The molecular weight excluding hydrogens is 422 g/mol. The number of hydrogen-bond acceptors (Lipinski definition) is 6. The van der Waals surface area contributed by atoms with Crippen molar-refractivity contribution in [1.29, 1.82) is 0 Å². The van der Waals surface area contributed by atoms with Gasteiger partial charge in [0.05, 0.1) is 5.75 Å². The Morgan fingerprint density at radius 1 is 1.17 bits per heavy atom. The van der Waals surface area contributed by atoms with Crippen molar-refractivity contribution in [1.82, 2.24) is 25.1 Å². The molecule has 0 fully saturated rings. The van der Waals surface area contributed by atoms with E-state index < -0.39 is 0 Å².